The van der Waals surface area contributed by atoms with Crippen LogP contribution in [0, 0.1) is 6.92 Å². The molecule has 1 saturated heterocycles. The van der Waals surface area contributed by atoms with Crippen molar-refractivity contribution < 1.29 is 4.79 Å². The van der Waals surface area contributed by atoms with Gasteiger partial charge in [0.15, 0.2) is 0 Å². The summed E-state index contributed by atoms with van der Waals surface area (Å²) >= 11 is 1.70. The number of carbonyl (C=O) groups excluding carboxylic acids is 1. The molecule has 1 aliphatic heterocycles. The Labute approximate surface area is 181 Å². The van der Waals surface area contributed by atoms with Crippen molar-refractivity contribution in [3.05, 3.63) is 83.7 Å². The summed E-state index contributed by atoms with van der Waals surface area (Å²) in [7, 11) is 0. The van der Waals surface area contributed by atoms with Gasteiger partial charge in [0.25, 0.3) is 5.91 Å². The van der Waals surface area contributed by atoms with E-state index in [9.17, 15) is 4.79 Å². The summed E-state index contributed by atoms with van der Waals surface area (Å²) in [4.78, 5) is 24.0. The molecule has 6 heteroatoms. The highest BCUT2D eigenvalue weighted by molar-refractivity contribution is 7.98. The van der Waals surface area contributed by atoms with Crippen molar-refractivity contribution in [3.63, 3.8) is 0 Å². The molecule has 1 N–H and O–H groups in total. The predicted octanol–water partition coefficient (Wildman–Crippen LogP) is 4.48. The molecule has 154 valence electrons. The van der Waals surface area contributed by atoms with Crippen molar-refractivity contribution >= 4 is 23.5 Å². The summed E-state index contributed by atoms with van der Waals surface area (Å²) < 4.78 is 0. The molecular weight excluding hydrogens is 392 g/mol. The molecule has 2 heterocycles. The van der Waals surface area contributed by atoms with Gasteiger partial charge < -0.3 is 10.2 Å². The van der Waals surface area contributed by atoms with Gasteiger partial charge in [-0.3, -0.25) is 9.78 Å². The molecule has 1 amide bonds. The van der Waals surface area contributed by atoms with Crippen LogP contribution < -0.4 is 10.2 Å². The summed E-state index contributed by atoms with van der Waals surface area (Å²) in [5.41, 5.74) is 3.04. The van der Waals surface area contributed by atoms with E-state index in [1.165, 1.54) is 5.56 Å². The van der Waals surface area contributed by atoms with Crippen LogP contribution in [0.2, 0.25) is 0 Å². The molecule has 0 unspecified atom stereocenters. The summed E-state index contributed by atoms with van der Waals surface area (Å²) in [6.07, 6.45) is 5.46. The maximum absolute atomic E-state index is 12.6. The van der Waals surface area contributed by atoms with Crippen LogP contribution in [0.5, 0.6) is 0 Å². The minimum Gasteiger partial charge on any atom is -0.355 e. The zero-order chi connectivity index (χ0) is 20.8. The molecular formula is C24H26N4OS. The van der Waals surface area contributed by atoms with Crippen LogP contribution >= 0.6 is 11.8 Å². The van der Waals surface area contributed by atoms with Gasteiger partial charge in [0.05, 0.1) is 12.4 Å². The van der Waals surface area contributed by atoms with Crippen LogP contribution in [0.1, 0.15) is 34.3 Å². The molecule has 2 aromatic carbocycles. The number of anilines is 1. The first kappa shape index (κ1) is 20.4. The number of nitrogens with zero attached hydrogens (tertiary/aromatic N) is 3. The van der Waals surface area contributed by atoms with Gasteiger partial charge in [-0.2, -0.15) is 0 Å². The first-order chi connectivity index (χ1) is 14.7. The summed E-state index contributed by atoms with van der Waals surface area (Å²) in [5.74, 6) is 1.81. The molecule has 0 radical (unpaired) electrons. The maximum atomic E-state index is 12.6. The second-order valence-electron chi connectivity index (χ2n) is 7.54. The van der Waals surface area contributed by atoms with E-state index in [1.54, 1.807) is 11.8 Å². The SMILES string of the molecule is Cc1ccccc1C(=O)NC1CCN(c2cncc(SCc3ccccc3)n2)CC1. The van der Waals surface area contributed by atoms with E-state index < -0.39 is 0 Å². The second kappa shape index (κ2) is 9.76. The average molecular weight is 419 g/mol. The molecule has 3 aromatic rings. The van der Waals surface area contributed by atoms with Gasteiger partial charge in [-0.1, -0.05) is 48.5 Å². The summed E-state index contributed by atoms with van der Waals surface area (Å²) in [5, 5.41) is 4.13. The fraction of sp³-hybridized carbons (Fsp3) is 0.292. The third kappa shape index (κ3) is 5.19. The van der Waals surface area contributed by atoms with E-state index in [-0.39, 0.29) is 11.9 Å². The third-order valence-electron chi connectivity index (χ3n) is 5.37. The lowest BCUT2D eigenvalue weighted by molar-refractivity contribution is 0.0930. The first-order valence-corrected chi connectivity index (χ1v) is 11.3. The standard InChI is InChI=1S/C24H26N4OS/c1-18-7-5-6-10-21(18)24(29)26-20-11-13-28(14-12-20)22-15-25-16-23(27-22)30-17-19-8-3-2-4-9-19/h2-10,15-16,20H,11-14,17H2,1H3,(H,26,29). The lowest BCUT2D eigenvalue weighted by Crippen LogP contribution is -2.45. The van der Waals surface area contributed by atoms with Crippen molar-refractivity contribution in [1.29, 1.82) is 0 Å². The number of piperidine rings is 1. The molecule has 1 fully saturated rings. The van der Waals surface area contributed by atoms with Gasteiger partial charge in [-0.15, -0.1) is 11.8 Å². The Balaban J connectivity index is 1.31. The molecule has 5 nitrogen and oxygen atoms in total. The Kier molecular flexibility index (Phi) is 6.64. The fourth-order valence-corrected chi connectivity index (χ4v) is 4.44. The quantitative estimate of drug-likeness (QED) is 0.598. The number of carbonyl (C=O) groups is 1. The van der Waals surface area contributed by atoms with Gasteiger partial charge in [0.2, 0.25) is 0 Å². The topological polar surface area (TPSA) is 58.1 Å². The monoisotopic (exact) mass is 418 g/mol. The normalized spacial score (nSPS) is 14.5. The van der Waals surface area contributed by atoms with Crippen LogP contribution in [0.15, 0.2) is 72.0 Å². The smallest absolute Gasteiger partial charge is 0.251 e. The Hall–Kier alpha value is -2.86. The Morgan fingerprint density at radius 2 is 1.80 bits per heavy atom. The second-order valence-corrected chi connectivity index (χ2v) is 8.54. The van der Waals surface area contributed by atoms with Gasteiger partial charge in [0, 0.05) is 30.4 Å². The highest BCUT2D eigenvalue weighted by atomic mass is 32.2. The average Bonchev–Trinajstić information content (AvgIpc) is 2.79. The predicted molar refractivity (Wildman–Crippen MR) is 122 cm³/mol. The zero-order valence-corrected chi connectivity index (χ0v) is 17.9. The van der Waals surface area contributed by atoms with Crippen molar-refractivity contribution in [2.45, 2.75) is 36.6 Å². The van der Waals surface area contributed by atoms with Crippen LogP contribution in [-0.4, -0.2) is 35.0 Å². The highest BCUT2D eigenvalue weighted by Gasteiger charge is 2.22. The van der Waals surface area contributed by atoms with E-state index in [2.05, 4.69) is 39.5 Å². The van der Waals surface area contributed by atoms with E-state index in [0.717, 1.165) is 53.7 Å². The van der Waals surface area contributed by atoms with Crippen molar-refractivity contribution in [3.8, 4) is 0 Å². The molecule has 0 spiro atoms. The number of aryl methyl sites for hydroxylation is 1. The number of hydrogen-bond acceptors (Lipinski definition) is 5. The van der Waals surface area contributed by atoms with Crippen molar-refractivity contribution in [1.82, 2.24) is 15.3 Å². The molecule has 30 heavy (non-hydrogen) atoms. The Morgan fingerprint density at radius 3 is 2.57 bits per heavy atom. The number of amides is 1. The largest absolute Gasteiger partial charge is 0.355 e. The number of rotatable bonds is 6. The molecule has 0 atom stereocenters. The Bertz CT molecular complexity index is 987. The van der Waals surface area contributed by atoms with E-state index >= 15 is 0 Å². The molecule has 0 aliphatic carbocycles. The van der Waals surface area contributed by atoms with Gasteiger partial charge in [-0.25, -0.2) is 4.98 Å². The van der Waals surface area contributed by atoms with Crippen LogP contribution in [0.4, 0.5) is 5.82 Å². The fourth-order valence-electron chi connectivity index (χ4n) is 3.64. The van der Waals surface area contributed by atoms with Crippen molar-refractivity contribution in [2.24, 2.45) is 0 Å². The number of nitrogens with one attached hydrogen (secondary N) is 1. The number of benzene rings is 2. The number of aromatic nitrogens is 2. The lowest BCUT2D eigenvalue weighted by Gasteiger charge is -2.33. The van der Waals surface area contributed by atoms with E-state index in [1.807, 2.05) is 49.6 Å². The molecule has 0 bridgehead atoms. The summed E-state index contributed by atoms with van der Waals surface area (Å²) in [6, 6.07) is 18.3. The van der Waals surface area contributed by atoms with Crippen LogP contribution in [0.25, 0.3) is 0 Å². The van der Waals surface area contributed by atoms with Crippen molar-refractivity contribution in [2.75, 3.05) is 18.0 Å². The molecule has 4 rings (SSSR count). The van der Waals surface area contributed by atoms with Gasteiger partial charge >= 0.3 is 0 Å². The summed E-state index contributed by atoms with van der Waals surface area (Å²) in [6.45, 7) is 3.69. The lowest BCUT2D eigenvalue weighted by atomic mass is 10.0. The molecule has 1 aliphatic rings. The van der Waals surface area contributed by atoms with E-state index in [0.29, 0.717) is 0 Å². The minimum absolute atomic E-state index is 0.0191. The number of hydrogen-bond donors (Lipinski definition) is 1. The zero-order valence-electron chi connectivity index (χ0n) is 17.1. The molecule has 1 aromatic heterocycles. The first-order valence-electron chi connectivity index (χ1n) is 10.3. The van der Waals surface area contributed by atoms with Gasteiger partial charge in [-0.05, 0) is 37.0 Å². The third-order valence-corrected chi connectivity index (χ3v) is 6.34. The maximum Gasteiger partial charge on any atom is 0.251 e. The number of thioether (sulfide) groups is 1. The Morgan fingerprint density at radius 1 is 1.07 bits per heavy atom. The van der Waals surface area contributed by atoms with Crippen LogP contribution in [0.3, 0.4) is 0 Å². The van der Waals surface area contributed by atoms with Gasteiger partial charge in [0.1, 0.15) is 10.8 Å². The van der Waals surface area contributed by atoms with Crippen LogP contribution in [-0.2, 0) is 5.75 Å². The molecule has 0 saturated carbocycles. The highest BCUT2D eigenvalue weighted by Crippen LogP contribution is 2.24. The van der Waals surface area contributed by atoms with E-state index in [4.69, 9.17) is 4.98 Å². The minimum atomic E-state index is 0.0191.